The van der Waals surface area contributed by atoms with Crippen molar-refractivity contribution in [3.8, 4) is 5.75 Å². The zero-order chi connectivity index (χ0) is 14.5. The van der Waals surface area contributed by atoms with Crippen molar-refractivity contribution < 1.29 is 13.9 Å². The summed E-state index contributed by atoms with van der Waals surface area (Å²) in [4.78, 5) is 12.2. The molecule has 2 aromatic rings. The molecule has 0 bridgehead atoms. The van der Waals surface area contributed by atoms with E-state index in [2.05, 4.69) is 5.32 Å². The largest absolute Gasteiger partial charge is 0.491 e. The van der Waals surface area contributed by atoms with E-state index in [9.17, 15) is 4.79 Å². The minimum absolute atomic E-state index is 0.188. The van der Waals surface area contributed by atoms with E-state index in [4.69, 9.17) is 9.15 Å². The molecule has 1 amide bonds. The minimum atomic E-state index is -0.188. The van der Waals surface area contributed by atoms with Crippen LogP contribution in [0.2, 0.25) is 0 Å². The first-order valence-electron chi connectivity index (χ1n) is 6.72. The molecular formula is C16H19NO3. The smallest absolute Gasteiger partial charge is 0.259 e. The molecule has 1 aromatic heterocycles. The Hall–Kier alpha value is -2.23. The van der Waals surface area contributed by atoms with Gasteiger partial charge in [0.15, 0.2) is 0 Å². The molecule has 0 aliphatic rings. The number of benzene rings is 1. The van der Waals surface area contributed by atoms with Gasteiger partial charge in [-0.05, 0) is 38.5 Å². The maximum Gasteiger partial charge on any atom is 0.259 e. The number of amides is 1. The van der Waals surface area contributed by atoms with Crippen LogP contribution < -0.4 is 10.1 Å². The lowest BCUT2D eigenvalue weighted by Crippen LogP contribution is -2.13. The van der Waals surface area contributed by atoms with E-state index in [1.165, 1.54) is 0 Å². The van der Waals surface area contributed by atoms with Gasteiger partial charge in [-0.2, -0.15) is 0 Å². The summed E-state index contributed by atoms with van der Waals surface area (Å²) >= 11 is 0. The summed E-state index contributed by atoms with van der Waals surface area (Å²) in [5.41, 5.74) is 1.22. The number of ether oxygens (including phenoxy) is 1. The molecule has 106 valence electrons. The van der Waals surface area contributed by atoms with Crippen LogP contribution in [0.1, 0.15) is 35.2 Å². The van der Waals surface area contributed by atoms with E-state index >= 15 is 0 Å². The van der Waals surface area contributed by atoms with Gasteiger partial charge in [0.2, 0.25) is 0 Å². The Morgan fingerprint density at radius 2 is 2.05 bits per heavy atom. The number of carbonyl (C=O) groups is 1. The first-order chi connectivity index (χ1) is 9.61. The van der Waals surface area contributed by atoms with Crippen molar-refractivity contribution >= 4 is 11.6 Å². The van der Waals surface area contributed by atoms with Crippen LogP contribution in [0.5, 0.6) is 5.75 Å². The van der Waals surface area contributed by atoms with Gasteiger partial charge in [-0.3, -0.25) is 4.79 Å². The molecule has 0 fully saturated rings. The Kier molecular flexibility index (Phi) is 4.45. The van der Waals surface area contributed by atoms with Crippen LogP contribution in [0.4, 0.5) is 5.69 Å². The lowest BCUT2D eigenvalue weighted by atomic mass is 10.2. The first kappa shape index (κ1) is 14.2. The van der Waals surface area contributed by atoms with E-state index in [0.717, 1.165) is 12.2 Å². The Labute approximate surface area is 118 Å². The molecule has 1 aromatic carbocycles. The molecule has 20 heavy (non-hydrogen) atoms. The van der Waals surface area contributed by atoms with E-state index < -0.39 is 0 Å². The van der Waals surface area contributed by atoms with Gasteiger partial charge >= 0.3 is 0 Å². The number of hydrogen-bond acceptors (Lipinski definition) is 3. The molecule has 0 aliphatic carbocycles. The molecule has 0 spiro atoms. The highest BCUT2D eigenvalue weighted by Gasteiger charge is 2.15. The SMILES string of the molecule is CCCOc1ccccc1NC(=O)c1cc(C)oc1C. The van der Waals surface area contributed by atoms with Crippen molar-refractivity contribution in [2.45, 2.75) is 27.2 Å². The number of carbonyl (C=O) groups excluding carboxylic acids is 1. The Bertz CT molecular complexity index is 602. The Morgan fingerprint density at radius 1 is 1.30 bits per heavy atom. The fraction of sp³-hybridized carbons (Fsp3) is 0.312. The number of anilines is 1. The van der Waals surface area contributed by atoms with E-state index in [1.54, 1.807) is 13.0 Å². The van der Waals surface area contributed by atoms with E-state index in [1.807, 2.05) is 38.1 Å². The molecule has 4 heteroatoms. The quantitative estimate of drug-likeness (QED) is 0.897. The number of rotatable bonds is 5. The van der Waals surface area contributed by atoms with Gasteiger partial charge in [-0.1, -0.05) is 19.1 Å². The number of para-hydroxylation sites is 2. The average molecular weight is 273 g/mol. The number of furan rings is 1. The molecule has 0 unspecified atom stereocenters. The van der Waals surface area contributed by atoms with Crippen molar-refractivity contribution in [3.63, 3.8) is 0 Å². The van der Waals surface area contributed by atoms with Gasteiger partial charge in [0.1, 0.15) is 17.3 Å². The molecule has 0 saturated heterocycles. The molecule has 2 rings (SSSR count). The summed E-state index contributed by atoms with van der Waals surface area (Å²) in [5, 5.41) is 2.87. The van der Waals surface area contributed by atoms with Gasteiger partial charge in [0.05, 0.1) is 17.9 Å². The molecule has 0 atom stereocenters. The minimum Gasteiger partial charge on any atom is -0.491 e. The molecular weight excluding hydrogens is 254 g/mol. The third-order valence-electron chi connectivity index (χ3n) is 2.88. The Balaban J connectivity index is 2.17. The van der Waals surface area contributed by atoms with Crippen LogP contribution in [0.3, 0.4) is 0 Å². The maximum absolute atomic E-state index is 12.2. The standard InChI is InChI=1S/C16H19NO3/c1-4-9-19-15-8-6-5-7-14(15)17-16(18)13-10-11(2)20-12(13)3/h5-8,10H,4,9H2,1-3H3,(H,17,18). The van der Waals surface area contributed by atoms with Crippen molar-refractivity contribution in [1.29, 1.82) is 0 Å². The van der Waals surface area contributed by atoms with Crippen molar-refractivity contribution in [2.75, 3.05) is 11.9 Å². The van der Waals surface area contributed by atoms with Gasteiger partial charge in [-0.15, -0.1) is 0 Å². The van der Waals surface area contributed by atoms with Crippen LogP contribution in [-0.4, -0.2) is 12.5 Å². The van der Waals surface area contributed by atoms with Gasteiger partial charge in [0.25, 0.3) is 5.91 Å². The number of nitrogens with one attached hydrogen (secondary N) is 1. The normalized spacial score (nSPS) is 10.3. The molecule has 1 N–H and O–H groups in total. The summed E-state index contributed by atoms with van der Waals surface area (Å²) in [6.45, 7) is 6.26. The summed E-state index contributed by atoms with van der Waals surface area (Å²) < 4.78 is 11.0. The summed E-state index contributed by atoms with van der Waals surface area (Å²) in [7, 11) is 0. The van der Waals surface area contributed by atoms with Crippen molar-refractivity contribution in [3.05, 3.63) is 47.4 Å². The Morgan fingerprint density at radius 3 is 2.70 bits per heavy atom. The van der Waals surface area contributed by atoms with E-state index in [-0.39, 0.29) is 5.91 Å². The highest BCUT2D eigenvalue weighted by Crippen LogP contribution is 2.25. The second kappa shape index (κ2) is 6.28. The predicted molar refractivity (Wildman–Crippen MR) is 78.4 cm³/mol. The fourth-order valence-electron chi connectivity index (χ4n) is 1.95. The van der Waals surface area contributed by atoms with Crippen molar-refractivity contribution in [2.24, 2.45) is 0 Å². The zero-order valence-corrected chi connectivity index (χ0v) is 12.0. The van der Waals surface area contributed by atoms with Crippen molar-refractivity contribution in [1.82, 2.24) is 0 Å². The van der Waals surface area contributed by atoms with Crippen LogP contribution in [0.15, 0.2) is 34.7 Å². The molecule has 0 aliphatic heterocycles. The second-order valence-corrected chi connectivity index (χ2v) is 4.63. The van der Waals surface area contributed by atoms with Crippen LogP contribution in [0.25, 0.3) is 0 Å². The molecule has 0 saturated carbocycles. The highest BCUT2D eigenvalue weighted by molar-refractivity contribution is 6.05. The number of hydrogen-bond donors (Lipinski definition) is 1. The third-order valence-corrected chi connectivity index (χ3v) is 2.88. The molecule has 1 heterocycles. The van der Waals surface area contributed by atoms with E-state index in [0.29, 0.717) is 29.4 Å². The predicted octanol–water partition coefficient (Wildman–Crippen LogP) is 3.94. The third kappa shape index (κ3) is 3.20. The van der Waals surface area contributed by atoms with Gasteiger partial charge in [-0.25, -0.2) is 0 Å². The van der Waals surface area contributed by atoms with Crippen LogP contribution in [-0.2, 0) is 0 Å². The molecule has 0 radical (unpaired) electrons. The summed E-state index contributed by atoms with van der Waals surface area (Å²) in [6, 6.07) is 9.15. The lowest BCUT2D eigenvalue weighted by Gasteiger charge is -2.11. The summed E-state index contributed by atoms with van der Waals surface area (Å²) in [5.74, 6) is 1.84. The maximum atomic E-state index is 12.2. The lowest BCUT2D eigenvalue weighted by molar-refractivity contribution is 0.102. The highest BCUT2D eigenvalue weighted by atomic mass is 16.5. The average Bonchev–Trinajstić information content (AvgIpc) is 2.77. The zero-order valence-electron chi connectivity index (χ0n) is 12.0. The number of aryl methyl sites for hydroxylation is 2. The summed E-state index contributed by atoms with van der Waals surface area (Å²) in [6.07, 6.45) is 0.919. The first-order valence-corrected chi connectivity index (χ1v) is 6.72. The second-order valence-electron chi connectivity index (χ2n) is 4.63. The topological polar surface area (TPSA) is 51.5 Å². The van der Waals surface area contributed by atoms with Gasteiger partial charge < -0.3 is 14.5 Å². The molecule has 4 nitrogen and oxygen atoms in total. The monoisotopic (exact) mass is 273 g/mol. The van der Waals surface area contributed by atoms with Gasteiger partial charge in [0, 0.05) is 0 Å². The fourth-order valence-corrected chi connectivity index (χ4v) is 1.95. The van der Waals surface area contributed by atoms with Crippen LogP contribution in [0, 0.1) is 13.8 Å². The van der Waals surface area contributed by atoms with Crippen LogP contribution >= 0.6 is 0 Å².